The Labute approximate surface area is 189 Å². The number of aryl methyl sites for hydroxylation is 1. The third-order valence-corrected chi connectivity index (χ3v) is 5.02. The third-order valence-electron chi connectivity index (χ3n) is 4.25. The highest BCUT2D eigenvalue weighted by atomic mass is 35.5. The van der Waals surface area contributed by atoms with Crippen molar-refractivity contribution in [2.24, 2.45) is 5.10 Å². The van der Waals surface area contributed by atoms with Crippen LogP contribution in [0.3, 0.4) is 0 Å². The summed E-state index contributed by atoms with van der Waals surface area (Å²) in [6.45, 7) is 2.19. The van der Waals surface area contributed by atoms with Gasteiger partial charge < -0.3 is 10.1 Å². The van der Waals surface area contributed by atoms with Crippen LogP contribution in [0.15, 0.2) is 71.8 Å². The lowest BCUT2D eigenvalue weighted by Crippen LogP contribution is -2.32. The van der Waals surface area contributed by atoms with Crippen molar-refractivity contribution in [3.8, 4) is 5.75 Å². The number of halogens is 2. The summed E-state index contributed by atoms with van der Waals surface area (Å²) in [6.07, 6.45) is 1.42. The van der Waals surface area contributed by atoms with E-state index in [1.807, 2.05) is 31.2 Å². The Morgan fingerprint density at radius 3 is 2.42 bits per heavy atom. The summed E-state index contributed by atoms with van der Waals surface area (Å²) in [5.41, 5.74) is 5.09. The molecule has 3 rings (SSSR count). The molecule has 0 heterocycles. The van der Waals surface area contributed by atoms with E-state index in [4.69, 9.17) is 27.9 Å². The summed E-state index contributed by atoms with van der Waals surface area (Å²) < 4.78 is 5.71. The molecule has 31 heavy (non-hydrogen) atoms. The van der Waals surface area contributed by atoms with Gasteiger partial charge in [-0.25, -0.2) is 5.43 Å². The lowest BCUT2D eigenvalue weighted by atomic mass is 10.2. The van der Waals surface area contributed by atoms with Crippen molar-refractivity contribution in [2.45, 2.75) is 13.5 Å². The second kappa shape index (κ2) is 10.6. The van der Waals surface area contributed by atoms with Crippen LogP contribution in [0.25, 0.3) is 0 Å². The number of nitrogens with one attached hydrogen (secondary N) is 2. The van der Waals surface area contributed by atoms with Crippen LogP contribution in [0.1, 0.15) is 16.7 Å². The molecule has 0 spiro atoms. The molecule has 0 radical (unpaired) electrons. The predicted molar refractivity (Wildman–Crippen MR) is 123 cm³/mol. The monoisotopic (exact) mass is 455 g/mol. The molecule has 0 saturated carbocycles. The molecule has 0 aliphatic carbocycles. The summed E-state index contributed by atoms with van der Waals surface area (Å²) in [4.78, 5) is 23.8. The number of carbonyl (C=O) groups is 2. The minimum Gasteiger partial charge on any atom is -0.489 e. The first-order valence-electron chi connectivity index (χ1n) is 9.29. The molecule has 8 heteroatoms. The van der Waals surface area contributed by atoms with Gasteiger partial charge in [-0.2, -0.15) is 5.10 Å². The standard InChI is InChI=1S/C23H19Cl2N3O3/c1-15-6-9-18(12-21(15)25)27-22(29)23(30)28-26-13-16-7-10-19(11-8-16)31-14-17-4-2-3-5-20(17)24/h2-13H,14H2,1H3,(H,27,29)(H,28,30)/b26-13+. The normalized spacial score (nSPS) is 10.7. The van der Waals surface area contributed by atoms with Gasteiger partial charge in [-0.05, 0) is 60.5 Å². The Morgan fingerprint density at radius 2 is 1.71 bits per heavy atom. The van der Waals surface area contributed by atoms with Gasteiger partial charge in [0.05, 0.1) is 6.21 Å². The Hall–Kier alpha value is -3.35. The number of hydrogen-bond donors (Lipinski definition) is 2. The van der Waals surface area contributed by atoms with Crippen LogP contribution in [-0.2, 0) is 16.2 Å². The van der Waals surface area contributed by atoms with Crippen molar-refractivity contribution in [1.29, 1.82) is 0 Å². The maximum atomic E-state index is 11.9. The fourth-order valence-corrected chi connectivity index (χ4v) is 2.87. The van der Waals surface area contributed by atoms with E-state index in [0.29, 0.717) is 28.1 Å². The van der Waals surface area contributed by atoms with Crippen LogP contribution < -0.4 is 15.5 Å². The predicted octanol–water partition coefficient (Wildman–Crippen LogP) is 4.97. The second-order valence-corrected chi connectivity index (χ2v) is 7.38. The molecule has 0 fully saturated rings. The molecule has 0 saturated heterocycles. The van der Waals surface area contributed by atoms with Crippen LogP contribution in [0.2, 0.25) is 10.0 Å². The fourth-order valence-electron chi connectivity index (χ4n) is 2.50. The number of rotatable bonds is 6. The molecular formula is C23H19Cl2N3O3. The second-order valence-electron chi connectivity index (χ2n) is 6.57. The van der Waals surface area contributed by atoms with Gasteiger partial charge >= 0.3 is 11.8 Å². The van der Waals surface area contributed by atoms with E-state index >= 15 is 0 Å². The highest BCUT2D eigenvalue weighted by molar-refractivity contribution is 6.39. The first kappa shape index (κ1) is 22.3. The number of carbonyl (C=O) groups excluding carboxylic acids is 2. The van der Waals surface area contributed by atoms with Crippen LogP contribution in [0.5, 0.6) is 5.75 Å². The summed E-state index contributed by atoms with van der Waals surface area (Å²) >= 11 is 12.1. The SMILES string of the molecule is Cc1ccc(NC(=O)C(=O)N/N=C/c2ccc(OCc3ccccc3Cl)cc2)cc1Cl. The minimum absolute atomic E-state index is 0.352. The van der Waals surface area contributed by atoms with Gasteiger partial charge in [-0.3, -0.25) is 9.59 Å². The van der Waals surface area contributed by atoms with Crippen LogP contribution >= 0.6 is 23.2 Å². The van der Waals surface area contributed by atoms with Crippen molar-refractivity contribution >= 4 is 46.9 Å². The van der Waals surface area contributed by atoms with E-state index in [1.54, 1.807) is 42.5 Å². The zero-order valence-corrected chi connectivity index (χ0v) is 18.1. The van der Waals surface area contributed by atoms with Gasteiger partial charge in [-0.1, -0.05) is 47.5 Å². The zero-order chi connectivity index (χ0) is 22.2. The Bertz CT molecular complexity index is 1120. The molecule has 6 nitrogen and oxygen atoms in total. The minimum atomic E-state index is -0.896. The van der Waals surface area contributed by atoms with Crippen LogP contribution in [0, 0.1) is 6.92 Å². The average Bonchev–Trinajstić information content (AvgIpc) is 2.76. The molecule has 0 aromatic heterocycles. The summed E-state index contributed by atoms with van der Waals surface area (Å²) in [5, 5.41) is 7.41. The summed E-state index contributed by atoms with van der Waals surface area (Å²) in [6, 6.07) is 19.5. The molecule has 2 amide bonds. The molecule has 3 aromatic carbocycles. The lowest BCUT2D eigenvalue weighted by molar-refractivity contribution is -0.136. The molecule has 0 aliphatic heterocycles. The molecule has 0 atom stereocenters. The molecule has 0 bridgehead atoms. The number of hydrogen-bond acceptors (Lipinski definition) is 4. The quantitative estimate of drug-likeness (QED) is 0.312. The maximum absolute atomic E-state index is 11.9. The Balaban J connectivity index is 1.48. The van der Waals surface area contributed by atoms with E-state index < -0.39 is 11.8 Å². The van der Waals surface area contributed by atoms with Crippen LogP contribution in [-0.4, -0.2) is 18.0 Å². The first-order chi connectivity index (χ1) is 14.9. The highest BCUT2D eigenvalue weighted by Crippen LogP contribution is 2.20. The molecule has 3 aromatic rings. The van der Waals surface area contributed by atoms with E-state index in [-0.39, 0.29) is 0 Å². The zero-order valence-electron chi connectivity index (χ0n) is 16.6. The first-order valence-corrected chi connectivity index (χ1v) is 10.0. The fraction of sp³-hybridized carbons (Fsp3) is 0.0870. The van der Waals surface area contributed by atoms with Gasteiger partial charge in [0.15, 0.2) is 0 Å². The number of anilines is 1. The average molecular weight is 456 g/mol. The van der Waals surface area contributed by atoms with E-state index in [9.17, 15) is 9.59 Å². The van der Waals surface area contributed by atoms with Crippen molar-refractivity contribution in [3.05, 3.63) is 93.5 Å². The van der Waals surface area contributed by atoms with E-state index in [1.165, 1.54) is 6.21 Å². The maximum Gasteiger partial charge on any atom is 0.329 e. The van der Waals surface area contributed by atoms with Gasteiger partial charge in [0.25, 0.3) is 0 Å². The van der Waals surface area contributed by atoms with E-state index in [2.05, 4.69) is 15.8 Å². The van der Waals surface area contributed by atoms with E-state index in [0.717, 1.165) is 16.7 Å². The molecule has 158 valence electrons. The van der Waals surface area contributed by atoms with Gasteiger partial charge in [0.2, 0.25) is 0 Å². The topological polar surface area (TPSA) is 79.8 Å². The van der Waals surface area contributed by atoms with Crippen molar-refractivity contribution in [1.82, 2.24) is 5.43 Å². The largest absolute Gasteiger partial charge is 0.489 e. The number of nitrogens with zero attached hydrogens (tertiary/aromatic N) is 1. The number of benzene rings is 3. The smallest absolute Gasteiger partial charge is 0.329 e. The number of amides is 2. The number of hydrazone groups is 1. The van der Waals surface area contributed by atoms with Gasteiger partial charge in [0.1, 0.15) is 12.4 Å². The molecular weight excluding hydrogens is 437 g/mol. The summed E-state index contributed by atoms with van der Waals surface area (Å²) in [5.74, 6) is -1.08. The Morgan fingerprint density at radius 1 is 0.968 bits per heavy atom. The lowest BCUT2D eigenvalue weighted by Gasteiger charge is -2.07. The number of ether oxygens (including phenoxy) is 1. The summed E-state index contributed by atoms with van der Waals surface area (Å²) in [7, 11) is 0. The highest BCUT2D eigenvalue weighted by Gasteiger charge is 2.13. The van der Waals surface area contributed by atoms with Gasteiger partial charge in [-0.15, -0.1) is 0 Å². The Kier molecular flexibility index (Phi) is 7.65. The third kappa shape index (κ3) is 6.57. The van der Waals surface area contributed by atoms with Crippen molar-refractivity contribution < 1.29 is 14.3 Å². The van der Waals surface area contributed by atoms with Crippen molar-refractivity contribution in [3.63, 3.8) is 0 Å². The van der Waals surface area contributed by atoms with Crippen LogP contribution in [0.4, 0.5) is 5.69 Å². The molecule has 0 aliphatic rings. The van der Waals surface area contributed by atoms with Crippen molar-refractivity contribution in [2.75, 3.05) is 5.32 Å². The molecule has 0 unspecified atom stereocenters. The molecule has 2 N–H and O–H groups in total. The van der Waals surface area contributed by atoms with Gasteiger partial charge in [0, 0.05) is 21.3 Å².